The number of amides is 1. The highest BCUT2D eigenvalue weighted by Crippen LogP contribution is 2.16. The number of furan rings is 1. The van der Waals surface area contributed by atoms with E-state index in [9.17, 15) is 4.79 Å². The quantitative estimate of drug-likeness (QED) is 0.602. The number of rotatable bonds is 8. The zero-order valence-corrected chi connectivity index (χ0v) is 14.9. The highest BCUT2D eigenvalue weighted by Gasteiger charge is 2.22. The third-order valence-corrected chi connectivity index (χ3v) is 4.81. The molecule has 0 aliphatic rings. The standard InChI is InChI=1S/C20H21NO3S/c1-16(24-18-6-3-2-4-7-18)20(22)21(14-17-10-12-23-15-17)11-9-19-8-5-13-25-19/h2-8,10,12-13,15-16H,9,11,14H2,1H3. The molecule has 1 amide bonds. The van der Waals surface area contributed by atoms with Gasteiger partial charge in [-0.1, -0.05) is 24.3 Å². The fourth-order valence-corrected chi connectivity index (χ4v) is 3.28. The lowest BCUT2D eigenvalue weighted by Gasteiger charge is -2.25. The van der Waals surface area contributed by atoms with Crippen LogP contribution in [0.3, 0.4) is 0 Å². The monoisotopic (exact) mass is 355 g/mol. The first-order valence-corrected chi connectivity index (χ1v) is 9.14. The lowest BCUT2D eigenvalue weighted by molar-refractivity contribution is -0.138. The summed E-state index contributed by atoms with van der Waals surface area (Å²) in [6.07, 6.45) is 3.59. The van der Waals surface area contributed by atoms with E-state index in [1.807, 2.05) is 47.4 Å². The van der Waals surface area contributed by atoms with Crippen molar-refractivity contribution in [1.29, 1.82) is 0 Å². The molecule has 0 bridgehead atoms. The number of hydrogen-bond acceptors (Lipinski definition) is 4. The van der Waals surface area contributed by atoms with Crippen LogP contribution in [0.1, 0.15) is 17.4 Å². The highest BCUT2D eigenvalue weighted by molar-refractivity contribution is 7.09. The van der Waals surface area contributed by atoms with Crippen molar-refractivity contribution in [3.63, 3.8) is 0 Å². The minimum atomic E-state index is -0.544. The van der Waals surface area contributed by atoms with Gasteiger partial charge in [0.1, 0.15) is 5.75 Å². The van der Waals surface area contributed by atoms with E-state index in [1.54, 1.807) is 30.8 Å². The molecule has 1 atom stereocenters. The van der Waals surface area contributed by atoms with Crippen molar-refractivity contribution in [2.45, 2.75) is 26.0 Å². The second-order valence-corrected chi connectivity index (χ2v) is 6.83. The topological polar surface area (TPSA) is 42.7 Å². The Bertz CT molecular complexity index is 754. The molecule has 0 N–H and O–H groups in total. The molecule has 1 unspecified atom stereocenters. The summed E-state index contributed by atoms with van der Waals surface area (Å²) in [6.45, 7) is 2.96. The molecule has 3 aromatic rings. The SMILES string of the molecule is CC(Oc1ccccc1)C(=O)N(CCc1cccs1)Cc1ccoc1. The summed E-state index contributed by atoms with van der Waals surface area (Å²) in [7, 11) is 0. The number of nitrogens with zero attached hydrogens (tertiary/aromatic N) is 1. The van der Waals surface area contributed by atoms with Crippen LogP contribution in [-0.2, 0) is 17.8 Å². The minimum Gasteiger partial charge on any atom is -0.481 e. The lowest BCUT2D eigenvalue weighted by atomic mass is 10.2. The van der Waals surface area contributed by atoms with Gasteiger partial charge in [0, 0.05) is 23.5 Å². The molecule has 130 valence electrons. The number of hydrogen-bond donors (Lipinski definition) is 0. The Hall–Kier alpha value is -2.53. The zero-order valence-electron chi connectivity index (χ0n) is 14.1. The molecule has 0 fully saturated rings. The fourth-order valence-electron chi connectivity index (χ4n) is 2.58. The van der Waals surface area contributed by atoms with Gasteiger partial charge < -0.3 is 14.1 Å². The van der Waals surface area contributed by atoms with Gasteiger partial charge in [-0.3, -0.25) is 4.79 Å². The Morgan fingerprint density at radius 2 is 2.04 bits per heavy atom. The van der Waals surface area contributed by atoms with Crippen LogP contribution < -0.4 is 4.74 Å². The molecular weight excluding hydrogens is 334 g/mol. The smallest absolute Gasteiger partial charge is 0.263 e. The molecule has 3 rings (SSSR count). The van der Waals surface area contributed by atoms with Crippen LogP contribution in [0.15, 0.2) is 70.9 Å². The van der Waals surface area contributed by atoms with Gasteiger partial charge in [0.2, 0.25) is 0 Å². The van der Waals surface area contributed by atoms with Crippen LogP contribution in [-0.4, -0.2) is 23.5 Å². The molecule has 2 heterocycles. The largest absolute Gasteiger partial charge is 0.481 e. The fraction of sp³-hybridized carbons (Fsp3) is 0.250. The number of ether oxygens (including phenoxy) is 1. The van der Waals surface area contributed by atoms with Crippen LogP contribution in [0.5, 0.6) is 5.75 Å². The molecule has 1 aromatic carbocycles. The van der Waals surface area contributed by atoms with Gasteiger partial charge in [0.25, 0.3) is 5.91 Å². The summed E-state index contributed by atoms with van der Waals surface area (Å²) in [5.41, 5.74) is 0.978. The highest BCUT2D eigenvalue weighted by atomic mass is 32.1. The minimum absolute atomic E-state index is 0.0263. The molecule has 4 nitrogen and oxygen atoms in total. The van der Waals surface area contributed by atoms with Gasteiger partial charge >= 0.3 is 0 Å². The van der Waals surface area contributed by atoms with Crippen molar-refractivity contribution in [2.75, 3.05) is 6.54 Å². The number of thiophene rings is 1. The molecule has 0 spiro atoms. The second kappa shape index (κ2) is 8.53. The van der Waals surface area contributed by atoms with Gasteiger partial charge in [0.15, 0.2) is 6.10 Å². The maximum absolute atomic E-state index is 12.9. The Labute approximate surface area is 151 Å². The van der Waals surface area contributed by atoms with Gasteiger partial charge in [0.05, 0.1) is 12.5 Å². The second-order valence-electron chi connectivity index (χ2n) is 5.79. The summed E-state index contributed by atoms with van der Waals surface area (Å²) in [5.74, 6) is 0.673. The molecule has 2 aromatic heterocycles. The van der Waals surface area contributed by atoms with E-state index in [2.05, 4.69) is 11.4 Å². The van der Waals surface area contributed by atoms with Gasteiger partial charge in [-0.15, -0.1) is 11.3 Å². The normalized spacial score (nSPS) is 11.9. The van der Waals surface area contributed by atoms with Crippen LogP contribution in [0.4, 0.5) is 0 Å². The van der Waals surface area contributed by atoms with Crippen molar-refractivity contribution in [1.82, 2.24) is 4.90 Å². The third-order valence-electron chi connectivity index (χ3n) is 3.88. The Morgan fingerprint density at radius 1 is 1.20 bits per heavy atom. The average molecular weight is 355 g/mol. The molecular formula is C20H21NO3S. The molecule has 5 heteroatoms. The number of para-hydroxylation sites is 1. The van der Waals surface area contributed by atoms with Crippen LogP contribution in [0.2, 0.25) is 0 Å². The summed E-state index contributed by atoms with van der Waals surface area (Å²) in [6, 6.07) is 15.4. The van der Waals surface area contributed by atoms with E-state index in [-0.39, 0.29) is 5.91 Å². The van der Waals surface area contributed by atoms with E-state index in [0.29, 0.717) is 18.8 Å². The van der Waals surface area contributed by atoms with Crippen LogP contribution >= 0.6 is 11.3 Å². The maximum Gasteiger partial charge on any atom is 0.263 e. The van der Waals surface area contributed by atoms with Crippen LogP contribution in [0.25, 0.3) is 0 Å². The van der Waals surface area contributed by atoms with Crippen molar-refractivity contribution in [3.8, 4) is 5.75 Å². The summed E-state index contributed by atoms with van der Waals surface area (Å²) in [4.78, 5) is 16.0. The number of benzene rings is 1. The van der Waals surface area contributed by atoms with Crippen molar-refractivity contribution < 1.29 is 13.9 Å². The summed E-state index contributed by atoms with van der Waals surface area (Å²) < 4.78 is 10.9. The lowest BCUT2D eigenvalue weighted by Crippen LogP contribution is -2.41. The maximum atomic E-state index is 12.9. The average Bonchev–Trinajstić information content (AvgIpc) is 3.32. The first-order valence-electron chi connectivity index (χ1n) is 8.26. The summed E-state index contributed by atoms with van der Waals surface area (Å²) >= 11 is 1.71. The Kier molecular flexibility index (Phi) is 5.90. The van der Waals surface area contributed by atoms with Gasteiger partial charge in [-0.25, -0.2) is 0 Å². The molecule has 0 aliphatic heterocycles. The number of carbonyl (C=O) groups excluding carboxylic acids is 1. The van der Waals surface area contributed by atoms with Crippen molar-refractivity contribution in [2.24, 2.45) is 0 Å². The van der Waals surface area contributed by atoms with E-state index < -0.39 is 6.10 Å². The van der Waals surface area contributed by atoms with Gasteiger partial charge in [-0.2, -0.15) is 0 Å². The Morgan fingerprint density at radius 3 is 2.72 bits per heavy atom. The van der Waals surface area contributed by atoms with E-state index in [0.717, 1.165) is 12.0 Å². The molecule has 0 saturated heterocycles. The first kappa shape index (κ1) is 17.3. The first-order chi connectivity index (χ1) is 12.2. The predicted molar refractivity (Wildman–Crippen MR) is 98.7 cm³/mol. The van der Waals surface area contributed by atoms with E-state index >= 15 is 0 Å². The van der Waals surface area contributed by atoms with Crippen molar-refractivity contribution in [3.05, 3.63) is 76.9 Å². The van der Waals surface area contributed by atoms with E-state index in [1.165, 1.54) is 4.88 Å². The molecule has 25 heavy (non-hydrogen) atoms. The number of carbonyl (C=O) groups is 1. The summed E-state index contributed by atoms with van der Waals surface area (Å²) in [5, 5.41) is 2.05. The Balaban J connectivity index is 1.66. The van der Waals surface area contributed by atoms with Gasteiger partial charge in [-0.05, 0) is 43.0 Å². The third kappa shape index (κ3) is 4.97. The molecule has 0 radical (unpaired) electrons. The molecule has 0 aliphatic carbocycles. The zero-order chi connectivity index (χ0) is 17.5. The van der Waals surface area contributed by atoms with E-state index in [4.69, 9.17) is 9.15 Å². The van der Waals surface area contributed by atoms with Crippen LogP contribution in [0, 0.1) is 0 Å². The molecule has 0 saturated carbocycles. The van der Waals surface area contributed by atoms with Crippen molar-refractivity contribution >= 4 is 17.2 Å². The predicted octanol–water partition coefficient (Wildman–Crippen LogP) is 4.38.